The van der Waals surface area contributed by atoms with Gasteiger partial charge in [0.2, 0.25) is 5.91 Å². The van der Waals surface area contributed by atoms with E-state index in [0.717, 1.165) is 0 Å². The van der Waals surface area contributed by atoms with Crippen molar-refractivity contribution in [2.24, 2.45) is 5.10 Å². The second kappa shape index (κ2) is 8.95. The first-order valence-corrected chi connectivity index (χ1v) is 8.21. The number of amides is 1. The fourth-order valence-corrected chi connectivity index (χ4v) is 2.86. The van der Waals surface area contributed by atoms with Crippen LogP contribution >= 0.6 is 15.9 Å². The average molecular weight is 422 g/mol. The molecule has 9 heteroatoms. The van der Waals surface area contributed by atoms with Gasteiger partial charge in [-0.2, -0.15) is 5.10 Å². The maximum atomic E-state index is 12.0. The van der Waals surface area contributed by atoms with Gasteiger partial charge in [0, 0.05) is 11.6 Å². The molecule has 0 aromatic heterocycles. The molecule has 0 aliphatic carbocycles. The van der Waals surface area contributed by atoms with Gasteiger partial charge in [0.25, 0.3) is 5.69 Å². The summed E-state index contributed by atoms with van der Waals surface area (Å²) in [7, 11) is 3.04. The smallest absolute Gasteiger partial charge is 0.273 e. The van der Waals surface area contributed by atoms with E-state index in [-0.39, 0.29) is 12.1 Å². The van der Waals surface area contributed by atoms with E-state index in [0.29, 0.717) is 27.1 Å². The van der Waals surface area contributed by atoms with E-state index in [1.165, 1.54) is 32.6 Å². The van der Waals surface area contributed by atoms with Crippen molar-refractivity contribution in [3.05, 3.63) is 62.1 Å². The Bertz CT molecular complexity index is 854. The number of carbonyl (C=O) groups excluding carboxylic acids is 1. The fraction of sp³-hybridized carbons (Fsp3) is 0.176. The van der Waals surface area contributed by atoms with Gasteiger partial charge in [0.15, 0.2) is 11.5 Å². The van der Waals surface area contributed by atoms with Crippen LogP contribution in [0.4, 0.5) is 5.69 Å². The van der Waals surface area contributed by atoms with Crippen LogP contribution in [0.15, 0.2) is 46.0 Å². The molecule has 2 aromatic rings. The molecule has 0 heterocycles. The summed E-state index contributed by atoms with van der Waals surface area (Å²) in [4.78, 5) is 22.4. The first-order valence-electron chi connectivity index (χ1n) is 7.42. The monoisotopic (exact) mass is 421 g/mol. The van der Waals surface area contributed by atoms with Gasteiger partial charge in [0.1, 0.15) is 0 Å². The van der Waals surface area contributed by atoms with Crippen molar-refractivity contribution in [2.75, 3.05) is 14.2 Å². The number of hydrogen-bond acceptors (Lipinski definition) is 6. The standard InChI is InChI=1S/C17H16BrN3O5/c1-25-15-8-11(7-13(18)17(15)26-2)10-19-20-16(22)9-12-5-3-4-6-14(12)21(23)24/h3-8,10H,9H2,1-2H3,(H,20,22). The number of nitrogens with one attached hydrogen (secondary N) is 1. The third kappa shape index (κ3) is 4.79. The molecule has 0 aliphatic heterocycles. The molecule has 0 saturated carbocycles. The summed E-state index contributed by atoms with van der Waals surface area (Å²) in [5.74, 6) is 0.592. The van der Waals surface area contributed by atoms with Crippen molar-refractivity contribution in [1.82, 2.24) is 5.43 Å². The van der Waals surface area contributed by atoms with Crippen molar-refractivity contribution < 1.29 is 19.2 Å². The number of hydrogen-bond donors (Lipinski definition) is 1. The molecule has 0 fully saturated rings. The van der Waals surface area contributed by atoms with Crippen LogP contribution in [0.25, 0.3) is 0 Å². The molecule has 0 aliphatic rings. The number of rotatable bonds is 7. The predicted molar refractivity (Wildman–Crippen MR) is 99.8 cm³/mol. The third-order valence-corrected chi connectivity index (χ3v) is 3.99. The average Bonchev–Trinajstić information content (AvgIpc) is 2.61. The highest BCUT2D eigenvalue weighted by Gasteiger charge is 2.15. The van der Waals surface area contributed by atoms with Gasteiger partial charge < -0.3 is 9.47 Å². The number of hydrazone groups is 1. The van der Waals surface area contributed by atoms with E-state index in [1.807, 2.05) is 0 Å². The molecule has 0 bridgehead atoms. The quantitative estimate of drug-likeness (QED) is 0.420. The molecular weight excluding hydrogens is 406 g/mol. The number of nitro groups is 1. The molecule has 1 amide bonds. The first kappa shape index (κ1) is 19.4. The van der Waals surface area contributed by atoms with E-state index < -0.39 is 10.8 Å². The highest BCUT2D eigenvalue weighted by Crippen LogP contribution is 2.35. The number of ether oxygens (including phenoxy) is 2. The van der Waals surface area contributed by atoms with Crippen molar-refractivity contribution >= 4 is 33.7 Å². The molecule has 26 heavy (non-hydrogen) atoms. The van der Waals surface area contributed by atoms with Crippen molar-refractivity contribution in [1.29, 1.82) is 0 Å². The lowest BCUT2D eigenvalue weighted by atomic mass is 10.1. The van der Waals surface area contributed by atoms with E-state index in [4.69, 9.17) is 9.47 Å². The van der Waals surface area contributed by atoms with E-state index in [2.05, 4.69) is 26.5 Å². The zero-order valence-corrected chi connectivity index (χ0v) is 15.6. The van der Waals surface area contributed by atoms with Crippen LogP contribution in [-0.2, 0) is 11.2 Å². The Labute approximate surface area is 158 Å². The molecule has 8 nitrogen and oxygen atoms in total. The molecule has 0 atom stereocenters. The summed E-state index contributed by atoms with van der Waals surface area (Å²) in [6.07, 6.45) is 1.29. The van der Waals surface area contributed by atoms with Gasteiger partial charge in [0.05, 0.1) is 36.3 Å². The molecule has 1 N–H and O–H groups in total. The van der Waals surface area contributed by atoms with E-state index in [9.17, 15) is 14.9 Å². The van der Waals surface area contributed by atoms with E-state index in [1.54, 1.807) is 24.3 Å². The second-order valence-electron chi connectivity index (χ2n) is 5.09. The minimum absolute atomic E-state index is 0.101. The third-order valence-electron chi connectivity index (χ3n) is 3.40. The fourth-order valence-electron chi connectivity index (χ4n) is 2.24. The van der Waals surface area contributed by atoms with Crippen LogP contribution < -0.4 is 14.9 Å². The van der Waals surface area contributed by atoms with Crippen LogP contribution in [0.1, 0.15) is 11.1 Å². The van der Waals surface area contributed by atoms with Crippen molar-refractivity contribution in [3.8, 4) is 11.5 Å². The van der Waals surface area contributed by atoms with E-state index >= 15 is 0 Å². The molecule has 0 spiro atoms. The number of carbonyl (C=O) groups is 1. The summed E-state index contributed by atoms with van der Waals surface area (Å²) in [6, 6.07) is 9.52. The minimum Gasteiger partial charge on any atom is -0.493 e. The number of methoxy groups -OCH3 is 2. The van der Waals surface area contributed by atoms with Gasteiger partial charge in [-0.05, 0) is 33.6 Å². The maximum Gasteiger partial charge on any atom is 0.273 e. The van der Waals surface area contributed by atoms with Crippen LogP contribution in [0, 0.1) is 10.1 Å². The number of para-hydroxylation sites is 1. The summed E-state index contributed by atoms with van der Waals surface area (Å²) in [5, 5.41) is 14.8. The second-order valence-corrected chi connectivity index (χ2v) is 5.95. The number of nitrogens with zero attached hydrogens (tertiary/aromatic N) is 2. The number of nitro benzene ring substituents is 1. The zero-order chi connectivity index (χ0) is 19.1. The lowest BCUT2D eigenvalue weighted by molar-refractivity contribution is -0.385. The predicted octanol–water partition coefficient (Wildman–Crippen LogP) is 3.07. The van der Waals surface area contributed by atoms with Gasteiger partial charge in [-0.1, -0.05) is 18.2 Å². The Morgan fingerprint density at radius 2 is 2.04 bits per heavy atom. The summed E-state index contributed by atoms with van der Waals surface area (Å²) >= 11 is 3.37. The Kier molecular flexibility index (Phi) is 6.67. The molecule has 0 unspecified atom stereocenters. The van der Waals surface area contributed by atoms with Gasteiger partial charge >= 0.3 is 0 Å². The van der Waals surface area contributed by atoms with Crippen LogP contribution in [0.2, 0.25) is 0 Å². The number of halogens is 1. The van der Waals surface area contributed by atoms with Gasteiger partial charge in [-0.3, -0.25) is 14.9 Å². The lowest BCUT2D eigenvalue weighted by Gasteiger charge is -2.10. The topological polar surface area (TPSA) is 103 Å². The molecule has 136 valence electrons. The summed E-state index contributed by atoms with van der Waals surface area (Å²) in [6.45, 7) is 0. The zero-order valence-electron chi connectivity index (χ0n) is 14.1. The number of benzene rings is 2. The molecule has 2 aromatic carbocycles. The van der Waals surface area contributed by atoms with Crippen molar-refractivity contribution in [3.63, 3.8) is 0 Å². The van der Waals surface area contributed by atoms with Crippen LogP contribution in [-0.4, -0.2) is 31.3 Å². The molecular formula is C17H16BrN3O5. The largest absolute Gasteiger partial charge is 0.493 e. The van der Waals surface area contributed by atoms with Gasteiger partial charge in [-0.25, -0.2) is 5.43 Å². The highest BCUT2D eigenvalue weighted by atomic mass is 79.9. The molecule has 2 rings (SSSR count). The summed E-state index contributed by atoms with van der Waals surface area (Å²) < 4.78 is 11.1. The van der Waals surface area contributed by atoms with Crippen LogP contribution in [0.3, 0.4) is 0 Å². The SMILES string of the molecule is COc1cc(C=NNC(=O)Cc2ccccc2[N+](=O)[O-])cc(Br)c1OC. The maximum absolute atomic E-state index is 12.0. The van der Waals surface area contributed by atoms with Crippen molar-refractivity contribution in [2.45, 2.75) is 6.42 Å². The normalized spacial score (nSPS) is 10.6. The van der Waals surface area contributed by atoms with Crippen LogP contribution in [0.5, 0.6) is 11.5 Å². The molecule has 0 saturated heterocycles. The minimum atomic E-state index is -0.521. The first-order chi connectivity index (χ1) is 12.5. The summed E-state index contributed by atoms with van der Waals surface area (Å²) in [5.41, 5.74) is 3.24. The Morgan fingerprint density at radius 3 is 2.69 bits per heavy atom. The lowest BCUT2D eigenvalue weighted by Crippen LogP contribution is -2.20. The molecule has 0 radical (unpaired) electrons. The Hall–Kier alpha value is -2.94. The Balaban J connectivity index is 2.06. The Morgan fingerprint density at radius 1 is 1.31 bits per heavy atom. The van der Waals surface area contributed by atoms with Gasteiger partial charge in [-0.15, -0.1) is 0 Å². The highest BCUT2D eigenvalue weighted by molar-refractivity contribution is 9.10.